The van der Waals surface area contributed by atoms with Crippen LogP contribution in [0.15, 0.2) is 40.8 Å². The van der Waals surface area contributed by atoms with Gasteiger partial charge in [0.05, 0.1) is 18.5 Å². The van der Waals surface area contributed by atoms with Crippen molar-refractivity contribution in [3.63, 3.8) is 0 Å². The van der Waals surface area contributed by atoms with E-state index in [9.17, 15) is 13.2 Å². The molecule has 2 aromatic rings. The largest absolute Gasteiger partial charge is 0.475 e. The SMILES string of the molecule is CS(=O)(=O)Nc1cccc(NCc2ccc(C(=O)O)o2)c1. The number of aromatic carboxylic acids is 1. The Hall–Kier alpha value is -2.48. The highest BCUT2D eigenvalue weighted by Gasteiger charge is 2.08. The van der Waals surface area contributed by atoms with Gasteiger partial charge in [0, 0.05) is 5.69 Å². The smallest absolute Gasteiger partial charge is 0.371 e. The molecule has 2 rings (SSSR count). The van der Waals surface area contributed by atoms with Crippen LogP contribution in [-0.4, -0.2) is 25.7 Å². The summed E-state index contributed by atoms with van der Waals surface area (Å²) in [7, 11) is -3.33. The second-order valence-electron chi connectivity index (χ2n) is 4.38. The number of anilines is 2. The molecular weight excluding hydrogens is 296 g/mol. The van der Waals surface area contributed by atoms with E-state index in [0.29, 0.717) is 17.1 Å². The minimum atomic E-state index is -3.33. The topological polar surface area (TPSA) is 109 Å². The molecule has 112 valence electrons. The Labute approximate surface area is 121 Å². The number of nitrogens with one attached hydrogen (secondary N) is 2. The van der Waals surface area contributed by atoms with Crippen molar-refractivity contribution in [3.8, 4) is 0 Å². The number of benzene rings is 1. The number of rotatable bonds is 6. The highest BCUT2D eigenvalue weighted by molar-refractivity contribution is 7.92. The lowest BCUT2D eigenvalue weighted by Crippen LogP contribution is -2.09. The Morgan fingerprint density at radius 2 is 1.95 bits per heavy atom. The van der Waals surface area contributed by atoms with Gasteiger partial charge in [0.1, 0.15) is 5.76 Å². The van der Waals surface area contributed by atoms with E-state index in [1.807, 2.05) is 0 Å². The van der Waals surface area contributed by atoms with Crippen molar-refractivity contribution in [2.75, 3.05) is 16.3 Å². The third-order valence-electron chi connectivity index (χ3n) is 2.50. The second-order valence-corrected chi connectivity index (χ2v) is 6.13. The van der Waals surface area contributed by atoms with Crippen LogP contribution < -0.4 is 10.0 Å². The van der Waals surface area contributed by atoms with Gasteiger partial charge in [-0.2, -0.15) is 0 Å². The monoisotopic (exact) mass is 310 g/mol. The van der Waals surface area contributed by atoms with Crippen LogP contribution in [0.25, 0.3) is 0 Å². The molecule has 1 aromatic carbocycles. The molecule has 0 aliphatic heterocycles. The van der Waals surface area contributed by atoms with Crippen molar-refractivity contribution in [1.82, 2.24) is 0 Å². The predicted molar refractivity (Wildman–Crippen MR) is 77.9 cm³/mol. The maximum atomic E-state index is 11.2. The summed E-state index contributed by atoms with van der Waals surface area (Å²) in [6.45, 7) is 0.287. The minimum absolute atomic E-state index is 0.126. The maximum Gasteiger partial charge on any atom is 0.371 e. The summed E-state index contributed by atoms with van der Waals surface area (Å²) >= 11 is 0. The molecule has 0 saturated carbocycles. The maximum absolute atomic E-state index is 11.2. The van der Waals surface area contributed by atoms with Crippen LogP contribution in [-0.2, 0) is 16.6 Å². The first-order chi connectivity index (χ1) is 9.83. The first-order valence-electron chi connectivity index (χ1n) is 5.97. The quantitative estimate of drug-likeness (QED) is 0.752. The van der Waals surface area contributed by atoms with E-state index in [4.69, 9.17) is 9.52 Å². The lowest BCUT2D eigenvalue weighted by atomic mass is 10.3. The van der Waals surface area contributed by atoms with Crippen molar-refractivity contribution >= 4 is 27.4 Å². The number of carboxylic acid groups (broad SMARTS) is 1. The van der Waals surface area contributed by atoms with Gasteiger partial charge in [-0.05, 0) is 30.3 Å². The molecule has 3 N–H and O–H groups in total. The highest BCUT2D eigenvalue weighted by Crippen LogP contribution is 2.17. The zero-order valence-electron chi connectivity index (χ0n) is 11.2. The zero-order chi connectivity index (χ0) is 15.5. The van der Waals surface area contributed by atoms with Gasteiger partial charge < -0.3 is 14.8 Å². The molecule has 7 nitrogen and oxygen atoms in total. The third-order valence-corrected chi connectivity index (χ3v) is 3.11. The molecule has 21 heavy (non-hydrogen) atoms. The standard InChI is InChI=1S/C13H14N2O5S/c1-21(18,19)15-10-4-2-3-9(7-10)14-8-11-5-6-12(20-11)13(16)17/h2-7,14-15H,8H2,1H3,(H,16,17). The van der Waals surface area contributed by atoms with Crippen molar-refractivity contribution in [3.05, 3.63) is 47.9 Å². The van der Waals surface area contributed by atoms with E-state index in [0.717, 1.165) is 6.26 Å². The first kappa shape index (κ1) is 14.9. The summed E-state index contributed by atoms with van der Waals surface area (Å²) in [5.41, 5.74) is 1.12. The number of hydrogen-bond acceptors (Lipinski definition) is 5. The van der Waals surface area contributed by atoms with Gasteiger partial charge in [-0.1, -0.05) is 6.07 Å². The molecule has 0 saturated heterocycles. The Balaban J connectivity index is 2.02. The Kier molecular flexibility index (Phi) is 4.18. The summed E-state index contributed by atoms with van der Waals surface area (Å²) in [4.78, 5) is 10.7. The van der Waals surface area contributed by atoms with Crippen LogP contribution in [0.5, 0.6) is 0 Å². The van der Waals surface area contributed by atoms with Crippen LogP contribution in [0.1, 0.15) is 16.3 Å². The number of furan rings is 1. The van der Waals surface area contributed by atoms with Crippen LogP contribution in [0.2, 0.25) is 0 Å². The van der Waals surface area contributed by atoms with Crippen LogP contribution in [0.4, 0.5) is 11.4 Å². The molecule has 0 bridgehead atoms. The average Bonchev–Trinajstić information content (AvgIpc) is 2.83. The van der Waals surface area contributed by atoms with Gasteiger partial charge in [0.2, 0.25) is 15.8 Å². The molecule has 0 aliphatic carbocycles. The van der Waals surface area contributed by atoms with Crippen molar-refractivity contribution in [2.45, 2.75) is 6.54 Å². The van der Waals surface area contributed by atoms with Gasteiger partial charge in [-0.25, -0.2) is 13.2 Å². The Bertz CT molecular complexity index is 751. The summed E-state index contributed by atoms with van der Waals surface area (Å²) in [5, 5.41) is 11.8. The number of sulfonamides is 1. The number of carboxylic acids is 1. The van der Waals surface area contributed by atoms with E-state index in [1.54, 1.807) is 30.3 Å². The minimum Gasteiger partial charge on any atom is -0.475 e. The van der Waals surface area contributed by atoms with Crippen molar-refractivity contribution in [2.24, 2.45) is 0 Å². The fraction of sp³-hybridized carbons (Fsp3) is 0.154. The molecule has 0 amide bonds. The summed E-state index contributed by atoms with van der Waals surface area (Å²) in [6, 6.07) is 9.65. The van der Waals surface area contributed by atoms with Gasteiger partial charge in [0.25, 0.3) is 0 Å². The van der Waals surface area contributed by atoms with E-state index in [-0.39, 0.29) is 12.3 Å². The number of hydrogen-bond donors (Lipinski definition) is 3. The Morgan fingerprint density at radius 1 is 1.24 bits per heavy atom. The molecule has 0 radical (unpaired) electrons. The molecule has 0 unspecified atom stereocenters. The zero-order valence-corrected chi connectivity index (χ0v) is 12.0. The number of carbonyl (C=O) groups is 1. The Morgan fingerprint density at radius 3 is 2.57 bits per heavy atom. The van der Waals surface area contributed by atoms with E-state index in [1.165, 1.54) is 6.07 Å². The van der Waals surface area contributed by atoms with Crippen LogP contribution in [0.3, 0.4) is 0 Å². The van der Waals surface area contributed by atoms with Gasteiger partial charge in [-0.15, -0.1) is 0 Å². The van der Waals surface area contributed by atoms with E-state index >= 15 is 0 Å². The van der Waals surface area contributed by atoms with Crippen LogP contribution in [0, 0.1) is 0 Å². The normalized spacial score (nSPS) is 11.1. The highest BCUT2D eigenvalue weighted by atomic mass is 32.2. The molecule has 0 aliphatic rings. The molecule has 0 spiro atoms. The second kappa shape index (κ2) is 5.88. The molecule has 8 heteroatoms. The fourth-order valence-electron chi connectivity index (χ4n) is 1.68. The third kappa shape index (κ3) is 4.53. The van der Waals surface area contributed by atoms with E-state index in [2.05, 4.69) is 10.0 Å². The lowest BCUT2D eigenvalue weighted by Gasteiger charge is -2.08. The molecule has 0 atom stereocenters. The predicted octanol–water partition coefficient (Wildman–Crippen LogP) is 1.96. The summed E-state index contributed by atoms with van der Waals surface area (Å²) < 4.78 is 29.8. The van der Waals surface area contributed by atoms with Gasteiger partial charge >= 0.3 is 5.97 Å². The van der Waals surface area contributed by atoms with Crippen LogP contribution >= 0.6 is 0 Å². The van der Waals surface area contributed by atoms with Gasteiger partial charge in [-0.3, -0.25) is 4.72 Å². The molecule has 0 fully saturated rings. The lowest BCUT2D eigenvalue weighted by molar-refractivity contribution is 0.0660. The summed E-state index contributed by atoms with van der Waals surface area (Å²) in [5.74, 6) is -0.784. The molecule has 1 aromatic heterocycles. The first-order valence-corrected chi connectivity index (χ1v) is 7.86. The fourth-order valence-corrected chi connectivity index (χ4v) is 2.24. The summed E-state index contributed by atoms with van der Waals surface area (Å²) in [6.07, 6.45) is 1.07. The van der Waals surface area contributed by atoms with Crippen molar-refractivity contribution in [1.29, 1.82) is 0 Å². The van der Waals surface area contributed by atoms with Gasteiger partial charge in [0.15, 0.2) is 0 Å². The van der Waals surface area contributed by atoms with Crippen molar-refractivity contribution < 1.29 is 22.7 Å². The average molecular weight is 310 g/mol. The molecular formula is C13H14N2O5S. The molecule has 1 heterocycles. The van der Waals surface area contributed by atoms with E-state index < -0.39 is 16.0 Å².